The fraction of sp³-hybridized carbons (Fsp3) is 0.462. The van der Waals surface area contributed by atoms with Crippen LogP contribution in [0.2, 0.25) is 0 Å². The van der Waals surface area contributed by atoms with E-state index in [1.807, 2.05) is 12.1 Å². The first-order valence-corrected chi connectivity index (χ1v) is 5.30. The average molecular weight is 222 g/mol. The summed E-state index contributed by atoms with van der Waals surface area (Å²) in [7, 11) is 0. The molecular formula is C13H18O3. The highest BCUT2D eigenvalue weighted by Gasteiger charge is 2.19. The van der Waals surface area contributed by atoms with Crippen LogP contribution >= 0.6 is 0 Å². The molecule has 0 aromatic heterocycles. The van der Waals surface area contributed by atoms with Gasteiger partial charge in [-0.2, -0.15) is 0 Å². The van der Waals surface area contributed by atoms with Crippen LogP contribution in [0, 0.1) is 0 Å². The van der Waals surface area contributed by atoms with Gasteiger partial charge in [0.2, 0.25) is 0 Å². The molecule has 1 aromatic carbocycles. The molecule has 16 heavy (non-hydrogen) atoms. The molecule has 0 saturated carbocycles. The molecule has 3 heteroatoms. The zero-order valence-electron chi connectivity index (χ0n) is 9.90. The Labute approximate surface area is 95.7 Å². The summed E-state index contributed by atoms with van der Waals surface area (Å²) < 4.78 is 0. The normalized spacial score (nSPS) is 13.5. The number of carboxylic acid groups (broad SMARTS) is 1. The molecule has 2 N–H and O–H groups in total. The van der Waals surface area contributed by atoms with Crippen molar-refractivity contribution in [2.75, 3.05) is 6.61 Å². The minimum atomic E-state index is -0.994. The topological polar surface area (TPSA) is 57.5 Å². The summed E-state index contributed by atoms with van der Waals surface area (Å²) >= 11 is 0. The Kier molecular flexibility index (Phi) is 3.70. The number of hydrogen-bond acceptors (Lipinski definition) is 2. The molecule has 0 radical (unpaired) electrons. The molecule has 0 aliphatic heterocycles. The molecule has 0 aliphatic carbocycles. The zero-order chi connectivity index (χ0) is 12.3. The third kappa shape index (κ3) is 2.83. The molecule has 0 aliphatic rings. The van der Waals surface area contributed by atoms with Crippen LogP contribution in [0.1, 0.15) is 37.8 Å². The van der Waals surface area contributed by atoms with Crippen molar-refractivity contribution < 1.29 is 15.0 Å². The molecule has 1 aromatic rings. The van der Waals surface area contributed by atoms with Gasteiger partial charge in [-0.05, 0) is 16.5 Å². The standard InChI is InChI=1S/C13H18O3/c1-13(2,3)10-6-4-9(5-7-10)11(8-14)12(15)16/h4-7,11,14H,8H2,1-3H3,(H,15,16). The van der Waals surface area contributed by atoms with Gasteiger partial charge in [-0.15, -0.1) is 0 Å². The van der Waals surface area contributed by atoms with Gasteiger partial charge >= 0.3 is 5.97 Å². The Morgan fingerprint density at radius 3 is 2.06 bits per heavy atom. The summed E-state index contributed by atoms with van der Waals surface area (Å²) in [5, 5.41) is 17.9. The van der Waals surface area contributed by atoms with Gasteiger partial charge in [-0.1, -0.05) is 45.0 Å². The second kappa shape index (κ2) is 4.66. The van der Waals surface area contributed by atoms with E-state index in [9.17, 15) is 4.79 Å². The monoisotopic (exact) mass is 222 g/mol. The fourth-order valence-electron chi connectivity index (χ4n) is 1.54. The van der Waals surface area contributed by atoms with Crippen LogP contribution in [-0.4, -0.2) is 22.8 Å². The second-order valence-electron chi connectivity index (χ2n) is 4.95. The number of carbonyl (C=O) groups is 1. The Morgan fingerprint density at radius 2 is 1.75 bits per heavy atom. The van der Waals surface area contributed by atoms with E-state index in [1.165, 1.54) is 0 Å². The molecule has 0 spiro atoms. The van der Waals surface area contributed by atoms with Gasteiger partial charge in [0.1, 0.15) is 5.92 Å². The number of benzene rings is 1. The summed E-state index contributed by atoms with van der Waals surface area (Å²) in [5.74, 6) is -1.82. The van der Waals surface area contributed by atoms with Crippen LogP contribution in [0.25, 0.3) is 0 Å². The maximum Gasteiger partial charge on any atom is 0.313 e. The highest BCUT2D eigenvalue weighted by atomic mass is 16.4. The lowest BCUT2D eigenvalue weighted by molar-refractivity contribution is -0.139. The van der Waals surface area contributed by atoms with Crippen molar-refractivity contribution in [1.82, 2.24) is 0 Å². The number of rotatable bonds is 3. The molecule has 0 fully saturated rings. The molecule has 1 unspecified atom stereocenters. The van der Waals surface area contributed by atoms with Gasteiger partial charge in [0.05, 0.1) is 6.61 Å². The second-order valence-corrected chi connectivity index (χ2v) is 4.95. The zero-order valence-corrected chi connectivity index (χ0v) is 9.90. The van der Waals surface area contributed by atoms with Gasteiger partial charge < -0.3 is 10.2 Å². The molecule has 0 amide bonds. The predicted octanol–water partition coefficient (Wildman–Crippen LogP) is 2.14. The predicted molar refractivity (Wildman–Crippen MR) is 62.6 cm³/mol. The van der Waals surface area contributed by atoms with E-state index < -0.39 is 11.9 Å². The highest BCUT2D eigenvalue weighted by molar-refractivity contribution is 5.76. The van der Waals surface area contributed by atoms with Crippen molar-refractivity contribution in [2.24, 2.45) is 0 Å². The van der Waals surface area contributed by atoms with Gasteiger partial charge in [0.15, 0.2) is 0 Å². The van der Waals surface area contributed by atoms with Crippen molar-refractivity contribution in [1.29, 1.82) is 0 Å². The largest absolute Gasteiger partial charge is 0.481 e. The SMILES string of the molecule is CC(C)(C)c1ccc(C(CO)C(=O)O)cc1. The van der Waals surface area contributed by atoms with E-state index in [1.54, 1.807) is 12.1 Å². The molecule has 1 rings (SSSR count). The Bertz CT molecular complexity index is 360. The first-order chi connectivity index (χ1) is 7.36. The van der Waals surface area contributed by atoms with Crippen molar-refractivity contribution in [2.45, 2.75) is 32.1 Å². The fourth-order valence-corrected chi connectivity index (χ4v) is 1.54. The van der Waals surface area contributed by atoms with Crippen LogP contribution in [0.15, 0.2) is 24.3 Å². The average Bonchev–Trinajstić information content (AvgIpc) is 2.17. The molecule has 88 valence electrons. The maximum atomic E-state index is 10.9. The van der Waals surface area contributed by atoms with Crippen molar-refractivity contribution >= 4 is 5.97 Å². The van der Waals surface area contributed by atoms with E-state index in [4.69, 9.17) is 10.2 Å². The van der Waals surface area contributed by atoms with Gasteiger partial charge in [0.25, 0.3) is 0 Å². The molecule has 0 bridgehead atoms. The Balaban J connectivity index is 2.98. The number of hydrogen-bond donors (Lipinski definition) is 2. The quantitative estimate of drug-likeness (QED) is 0.823. The van der Waals surface area contributed by atoms with Crippen molar-refractivity contribution in [3.63, 3.8) is 0 Å². The van der Waals surface area contributed by atoms with E-state index in [0.29, 0.717) is 5.56 Å². The Hall–Kier alpha value is -1.35. The minimum Gasteiger partial charge on any atom is -0.481 e. The summed E-state index contributed by atoms with van der Waals surface area (Å²) in [5.41, 5.74) is 1.84. The van der Waals surface area contributed by atoms with Crippen LogP contribution in [-0.2, 0) is 10.2 Å². The molecule has 0 saturated heterocycles. The minimum absolute atomic E-state index is 0.0520. The first-order valence-electron chi connectivity index (χ1n) is 5.30. The molecular weight excluding hydrogens is 204 g/mol. The number of aliphatic hydroxyl groups is 1. The third-order valence-electron chi connectivity index (χ3n) is 2.66. The number of aliphatic carboxylic acids is 1. The molecule has 3 nitrogen and oxygen atoms in total. The van der Waals surface area contributed by atoms with Crippen LogP contribution in [0.5, 0.6) is 0 Å². The summed E-state index contributed by atoms with van der Waals surface area (Å²) in [6.07, 6.45) is 0. The van der Waals surface area contributed by atoms with Crippen molar-refractivity contribution in [3.8, 4) is 0 Å². The first kappa shape index (κ1) is 12.7. The van der Waals surface area contributed by atoms with Crippen molar-refractivity contribution in [3.05, 3.63) is 35.4 Å². The smallest absolute Gasteiger partial charge is 0.313 e. The number of aliphatic hydroxyl groups excluding tert-OH is 1. The third-order valence-corrected chi connectivity index (χ3v) is 2.66. The van der Waals surface area contributed by atoms with Gasteiger partial charge in [0, 0.05) is 0 Å². The van der Waals surface area contributed by atoms with E-state index >= 15 is 0 Å². The molecule has 0 heterocycles. The Morgan fingerprint density at radius 1 is 1.25 bits per heavy atom. The van der Waals surface area contributed by atoms with E-state index in [-0.39, 0.29) is 12.0 Å². The summed E-state index contributed by atoms with van der Waals surface area (Å²) in [4.78, 5) is 10.9. The lowest BCUT2D eigenvalue weighted by Gasteiger charge is -2.19. The van der Waals surface area contributed by atoms with Gasteiger partial charge in [-0.3, -0.25) is 4.79 Å². The summed E-state index contributed by atoms with van der Waals surface area (Å²) in [6, 6.07) is 7.38. The summed E-state index contributed by atoms with van der Waals surface area (Å²) in [6.45, 7) is 5.93. The van der Waals surface area contributed by atoms with Gasteiger partial charge in [-0.25, -0.2) is 0 Å². The van der Waals surface area contributed by atoms with Crippen LogP contribution in [0.3, 0.4) is 0 Å². The van der Waals surface area contributed by atoms with E-state index in [2.05, 4.69) is 20.8 Å². The maximum absolute atomic E-state index is 10.9. The lowest BCUT2D eigenvalue weighted by Crippen LogP contribution is -2.16. The van der Waals surface area contributed by atoms with E-state index in [0.717, 1.165) is 5.56 Å². The highest BCUT2D eigenvalue weighted by Crippen LogP contribution is 2.24. The lowest BCUT2D eigenvalue weighted by atomic mass is 9.85. The van der Waals surface area contributed by atoms with Crippen LogP contribution < -0.4 is 0 Å². The molecule has 1 atom stereocenters. The number of carboxylic acids is 1. The van der Waals surface area contributed by atoms with Crippen LogP contribution in [0.4, 0.5) is 0 Å².